The maximum absolute atomic E-state index is 12.8. The molecule has 1 amide bonds. The molecule has 4 rings (SSSR count). The zero-order valence-corrected chi connectivity index (χ0v) is 18.8. The van der Waals surface area contributed by atoms with Crippen LogP contribution in [0.25, 0.3) is 0 Å². The number of nitrogens with zero attached hydrogens (tertiary/aromatic N) is 3. The van der Waals surface area contributed by atoms with Crippen LogP contribution in [0.3, 0.4) is 0 Å². The molecule has 2 aromatic rings. The van der Waals surface area contributed by atoms with Gasteiger partial charge in [-0.05, 0) is 42.7 Å². The number of hydrogen-bond donors (Lipinski definition) is 0. The van der Waals surface area contributed by atoms with Gasteiger partial charge >= 0.3 is 0 Å². The molecule has 2 aliphatic heterocycles. The van der Waals surface area contributed by atoms with Gasteiger partial charge in [0, 0.05) is 51.4 Å². The van der Waals surface area contributed by atoms with Crippen LogP contribution >= 0.6 is 0 Å². The standard InChI is InChI=1S/C24H31N3O3S/c28-24(26-14-6-1-2-7-15-26)22-12-10-21(11-13-22)20-25-16-18-27(19-17-25)31(29,30)23-8-4-3-5-9-23/h3-5,8-13H,1-2,6-7,14-20H2. The summed E-state index contributed by atoms with van der Waals surface area (Å²) in [5.74, 6) is 0.133. The highest BCUT2D eigenvalue weighted by Gasteiger charge is 2.28. The fourth-order valence-corrected chi connectivity index (χ4v) is 5.78. The highest BCUT2D eigenvalue weighted by Crippen LogP contribution is 2.19. The quantitative estimate of drug-likeness (QED) is 0.715. The van der Waals surface area contributed by atoms with Crippen LogP contribution in [0.4, 0.5) is 0 Å². The van der Waals surface area contributed by atoms with E-state index >= 15 is 0 Å². The van der Waals surface area contributed by atoms with Crippen molar-refractivity contribution in [3.05, 3.63) is 65.7 Å². The first-order valence-corrected chi connectivity index (χ1v) is 12.6. The van der Waals surface area contributed by atoms with Crippen molar-refractivity contribution in [1.82, 2.24) is 14.1 Å². The molecular formula is C24H31N3O3S. The van der Waals surface area contributed by atoms with Gasteiger partial charge in [0.2, 0.25) is 10.0 Å². The maximum Gasteiger partial charge on any atom is 0.253 e. The molecule has 0 unspecified atom stereocenters. The molecule has 31 heavy (non-hydrogen) atoms. The minimum Gasteiger partial charge on any atom is -0.339 e. The van der Waals surface area contributed by atoms with E-state index in [1.165, 1.54) is 12.8 Å². The zero-order valence-electron chi connectivity index (χ0n) is 17.9. The summed E-state index contributed by atoms with van der Waals surface area (Å²) in [6.07, 6.45) is 4.61. The number of hydrogen-bond acceptors (Lipinski definition) is 4. The van der Waals surface area contributed by atoms with Crippen LogP contribution in [-0.4, -0.2) is 67.7 Å². The van der Waals surface area contributed by atoms with Gasteiger partial charge in [-0.1, -0.05) is 43.2 Å². The lowest BCUT2D eigenvalue weighted by atomic mass is 10.1. The number of benzene rings is 2. The van der Waals surface area contributed by atoms with Gasteiger partial charge in [-0.2, -0.15) is 4.31 Å². The molecule has 0 aliphatic carbocycles. The van der Waals surface area contributed by atoms with Gasteiger partial charge < -0.3 is 4.90 Å². The summed E-state index contributed by atoms with van der Waals surface area (Å²) in [6, 6.07) is 16.5. The van der Waals surface area contributed by atoms with Crippen molar-refractivity contribution in [3.8, 4) is 0 Å². The number of carbonyl (C=O) groups excluding carboxylic acids is 1. The molecule has 7 heteroatoms. The first kappa shape index (κ1) is 22.0. The Hall–Kier alpha value is -2.22. The van der Waals surface area contributed by atoms with E-state index in [2.05, 4.69) is 4.90 Å². The topological polar surface area (TPSA) is 60.9 Å². The monoisotopic (exact) mass is 441 g/mol. The lowest BCUT2D eigenvalue weighted by Crippen LogP contribution is -2.48. The molecule has 2 heterocycles. The van der Waals surface area contributed by atoms with E-state index < -0.39 is 10.0 Å². The van der Waals surface area contributed by atoms with Crippen LogP contribution in [0, 0.1) is 0 Å². The smallest absolute Gasteiger partial charge is 0.253 e. The number of amides is 1. The molecule has 2 fully saturated rings. The van der Waals surface area contributed by atoms with Crippen LogP contribution in [0.5, 0.6) is 0 Å². The number of piperazine rings is 1. The van der Waals surface area contributed by atoms with E-state index in [-0.39, 0.29) is 5.91 Å². The molecule has 0 N–H and O–H groups in total. The molecule has 0 aromatic heterocycles. The Morgan fingerprint density at radius 3 is 1.97 bits per heavy atom. The molecule has 2 aromatic carbocycles. The van der Waals surface area contributed by atoms with Crippen molar-refractivity contribution >= 4 is 15.9 Å². The molecule has 0 atom stereocenters. The summed E-state index contributed by atoms with van der Waals surface area (Å²) in [7, 11) is -3.42. The van der Waals surface area contributed by atoms with Crippen molar-refractivity contribution in [2.24, 2.45) is 0 Å². The normalized spacial score (nSPS) is 19.2. The minimum atomic E-state index is -3.42. The first-order valence-electron chi connectivity index (χ1n) is 11.2. The van der Waals surface area contributed by atoms with Gasteiger partial charge in [-0.15, -0.1) is 0 Å². The van der Waals surface area contributed by atoms with Gasteiger partial charge in [-0.25, -0.2) is 8.42 Å². The first-order chi connectivity index (χ1) is 15.0. The van der Waals surface area contributed by atoms with E-state index in [9.17, 15) is 13.2 Å². The SMILES string of the molecule is O=C(c1ccc(CN2CCN(S(=O)(=O)c3ccccc3)CC2)cc1)N1CCCCCC1. The fraction of sp³-hybridized carbons (Fsp3) is 0.458. The average Bonchev–Trinajstić information content (AvgIpc) is 3.10. The van der Waals surface area contributed by atoms with E-state index in [0.29, 0.717) is 31.1 Å². The molecule has 0 spiro atoms. The van der Waals surface area contributed by atoms with Gasteiger partial charge in [0.25, 0.3) is 5.91 Å². The van der Waals surface area contributed by atoms with Crippen LogP contribution < -0.4 is 0 Å². The molecule has 0 bridgehead atoms. The molecule has 2 saturated heterocycles. The lowest BCUT2D eigenvalue weighted by molar-refractivity contribution is 0.0761. The van der Waals surface area contributed by atoms with E-state index in [4.69, 9.17) is 0 Å². The van der Waals surface area contributed by atoms with Crippen LogP contribution in [-0.2, 0) is 16.6 Å². The van der Waals surface area contributed by atoms with Crippen molar-refractivity contribution in [2.45, 2.75) is 37.1 Å². The Kier molecular flexibility index (Phi) is 7.05. The predicted molar refractivity (Wildman–Crippen MR) is 121 cm³/mol. The highest BCUT2D eigenvalue weighted by atomic mass is 32.2. The van der Waals surface area contributed by atoms with Gasteiger partial charge in [0.05, 0.1) is 4.90 Å². The molecule has 0 saturated carbocycles. The largest absolute Gasteiger partial charge is 0.339 e. The third kappa shape index (κ3) is 5.34. The average molecular weight is 442 g/mol. The summed E-state index contributed by atoms with van der Waals surface area (Å²) in [5.41, 5.74) is 1.90. The molecule has 0 radical (unpaired) electrons. The van der Waals surface area contributed by atoms with Crippen LogP contribution in [0.2, 0.25) is 0 Å². The maximum atomic E-state index is 12.8. The number of likely N-dealkylation sites (tertiary alicyclic amines) is 1. The molecule has 166 valence electrons. The number of sulfonamides is 1. The Morgan fingerprint density at radius 2 is 1.35 bits per heavy atom. The third-order valence-corrected chi connectivity index (χ3v) is 8.13. The van der Waals surface area contributed by atoms with Gasteiger partial charge in [0.15, 0.2) is 0 Å². The fourth-order valence-electron chi connectivity index (χ4n) is 4.34. The zero-order chi connectivity index (χ0) is 21.7. The lowest BCUT2D eigenvalue weighted by Gasteiger charge is -2.34. The number of carbonyl (C=O) groups is 1. The third-order valence-electron chi connectivity index (χ3n) is 6.21. The minimum absolute atomic E-state index is 0.133. The van der Waals surface area contributed by atoms with E-state index in [0.717, 1.165) is 43.6 Å². The predicted octanol–water partition coefficient (Wildman–Crippen LogP) is 3.21. The molecule has 6 nitrogen and oxygen atoms in total. The summed E-state index contributed by atoms with van der Waals surface area (Å²) >= 11 is 0. The van der Waals surface area contributed by atoms with Crippen molar-refractivity contribution < 1.29 is 13.2 Å². The van der Waals surface area contributed by atoms with E-state index in [1.54, 1.807) is 28.6 Å². The van der Waals surface area contributed by atoms with Crippen molar-refractivity contribution in [3.63, 3.8) is 0 Å². The molecular weight excluding hydrogens is 410 g/mol. The Bertz CT molecular complexity index is 961. The summed E-state index contributed by atoms with van der Waals surface area (Å²) < 4.78 is 27.1. The highest BCUT2D eigenvalue weighted by molar-refractivity contribution is 7.89. The summed E-state index contributed by atoms with van der Waals surface area (Å²) in [4.78, 5) is 17.4. The number of rotatable bonds is 5. The summed E-state index contributed by atoms with van der Waals surface area (Å²) in [5, 5.41) is 0. The molecule has 2 aliphatic rings. The Morgan fingerprint density at radius 1 is 0.742 bits per heavy atom. The van der Waals surface area contributed by atoms with Gasteiger partial charge in [-0.3, -0.25) is 9.69 Å². The van der Waals surface area contributed by atoms with Crippen molar-refractivity contribution in [2.75, 3.05) is 39.3 Å². The Labute approximate surface area is 185 Å². The van der Waals surface area contributed by atoms with Crippen LogP contribution in [0.15, 0.2) is 59.5 Å². The Balaban J connectivity index is 1.31. The van der Waals surface area contributed by atoms with Gasteiger partial charge in [0.1, 0.15) is 0 Å². The van der Waals surface area contributed by atoms with Crippen molar-refractivity contribution in [1.29, 1.82) is 0 Å². The van der Waals surface area contributed by atoms with E-state index in [1.807, 2.05) is 35.2 Å². The van der Waals surface area contributed by atoms with Crippen LogP contribution in [0.1, 0.15) is 41.6 Å². The summed E-state index contributed by atoms with van der Waals surface area (Å²) in [6.45, 7) is 4.84. The second-order valence-corrected chi connectivity index (χ2v) is 10.3. The second kappa shape index (κ2) is 9.94. The second-order valence-electron chi connectivity index (χ2n) is 8.40.